The van der Waals surface area contributed by atoms with Gasteiger partial charge in [-0.2, -0.15) is 0 Å². The van der Waals surface area contributed by atoms with E-state index in [2.05, 4.69) is 20.1 Å². The maximum Gasteiger partial charge on any atom is 0.573 e. The van der Waals surface area contributed by atoms with E-state index < -0.39 is 47.8 Å². The Bertz CT molecular complexity index is 1320. The van der Waals surface area contributed by atoms with Gasteiger partial charge in [0.2, 0.25) is 0 Å². The summed E-state index contributed by atoms with van der Waals surface area (Å²) in [5.41, 5.74) is -1.16. The fourth-order valence-corrected chi connectivity index (χ4v) is 4.59. The van der Waals surface area contributed by atoms with Crippen molar-refractivity contribution in [3.63, 3.8) is 0 Å². The summed E-state index contributed by atoms with van der Waals surface area (Å²) in [5.74, 6) is -2.04. The number of benzene rings is 3. The number of carbonyl (C=O) groups is 2. The molecule has 0 saturated carbocycles. The van der Waals surface area contributed by atoms with Gasteiger partial charge in [0, 0.05) is 6.42 Å². The third-order valence-electron chi connectivity index (χ3n) is 6.26. The van der Waals surface area contributed by atoms with Crippen LogP contribution < -0.4 is 20.1 Å². The lowest BCUT2D eigenvalue weighted by atomic mass is 9.77. The van der Waals surface area contributed by atoms with Gasteiger partial charge in [-0.25, -0.2) is 9.59 Å². The van der Waals surface area contributed by atoms with Crippen LogP contribution in [0.1, 0.15) is 37.0 Å². The molecule has 0 unspecified atom stereocenters. The van der Waals surface area contributed by atoms with Gasteiger partial charge in [0.15, 0.2) is 0 Å². The molecule has 1 atom stereocenters. The molecule has 0 aromatic heterocycles. The van der Waals surface area contributed by atoms with Crippen LogP contribution >= 0.6 is 0 Å². The lowest BCUT2D eigenvalue weighted by Gasteiger charge is -2.37. The first-order valence-electron chi connectivity index (χ1n) is 13.0. The quantitative estimate of drug-likeness (QED) is 0.183. The van der Waals surface area contributed by atoms with E-state index in [0.717, 1.165) is 31.4 Å². The molecule has 0 spiro atoms. The molecule has 3 aromatic rings. The molecule has 0 saturated heterocycles. The van der Waals surface area contributed by atoms with E-state index in [4.69, 9.17) is 4.74 Å². The van der Waals surface area contributed by atoms with Crippen LogP contribution in [0.4, 0.5) is 31.1 Å². The van der Waals surface area contributed by atoms with Crippen molar-refractivity contribution < 1.29 is 50.1 Å². The van der Waals surface area contributed by atoms with Gasteiger partial charge < -0.3 is 24.8 Å². The summed E-state index contributed by atoms with van der Waals surface area (Å²) in [5, 5.41) is 5.28. The van der Waals surface area contributed by atoms with Gasteiger partial charge in [-0.05, 0) is 53.3 Å². The summed E-state index contributed by atoms with van der Waals surface area (Å²) in [7, 11) is 1.15. The van der Waals surface area contributed by atoms with Crippen molar-refractivity contribution in [1.82, 2.24) is 10.6 Å². The Morgan fingerprint density at radius 1 is 0.767 bits per heavy atom. The summed E-state index contributed by atoms with van der Waals surface area (Å²) in [6, 6.07) is 15.9. The number of amides is 2. The summed E-state index contributed by atoms with van der Waals surface area (Å²) >= 11 is 0. The second kappa shape index (κ2) is 13.7. The number of halogens is 6. The largest absolute Gasteiger partial charge is 0.573 e. The Kier molecular flexibility index (Phi) is 10.5. The SMILES string of the molecule is COC(=O)[C@H](CC(C)C)NC(=O)NC(Cc1ccccc1)(c1cccc(OC(F)(F)F)c1)c1cccc(OC(F)(F)F)c1. The molecule has 0 bridgehead atoms. The Hall–Kier alpha value is -4.42. The molecule has 7 nitrogen and oxygen atoms in total. The Morgan fingerprint density at radius 2 is 1.28 bits per heavy atom. The monoisotopic (exact) mass is 612 g/mol. The molecule has 0 aliphatic carbocycles. The molecular formula is C30H30F6N2O5. The first kappa shape index (κ1) is 33.1. The van der Waals surface area contributed by atoms with Crippen molar-refractivity contribution in [2.45, 2.75) is 51.0 Å². The smallest absolute Gasteiger partial charge is 0.467 e. The molecule has 2 N–H and O–H groups in total. The number of hydrogen-bond donors (Lipinski definition) is 2. The zero-order chi connectivity index (χ0) is 31.8. The average molecular weight is 613 g/mol. The van der Waals surface area contributed by atoms with Crippen molar-refractivity contribution in [2.24, 2.45) is 5.92 Å². The molecule has 0 heterocycles. The van der Waals surface area contributed by atoms with E-state index in [1.54, 1.807) is 30.3 Å². The summed E-state index contributed by atoms with van der Waals surface area (Å²) in [6.07, 6.45) is -10.0. The van der Waals surface area contributed by atoms with E-state index in [0.29, 0.717) is 5.56 Å². The van der Waals surface area contributed by atoms with Crippen LogP contribution in [-0.4, -0.2) is 37.9 Å². The first-order chi connectivity index (χ1) is 20.1. The molecule has 232 valence electrons. The minimum atomic E-state index is -5.05. The fourth-order valence-electron chi connectivity index (χ4n) is 4.59. The van der Waals surface area contributed by atoms with Gasteiger partial charge in [-0.1, -0.05) is 68.4 Å². The van der Waals surface area contributed by atoms with Gasteiger partial charge in [0.05, 0.1) is 12.6 Å². The minimum absolute atomic E-state index is 0.0379. The lowest BCUT2D eigenvalue weighted by molar-refractivity contribution is -0.275. The standard InChI is InChI=1S/C30H30F6N2O5/c1-19(2)15-25(26(39)41-3)37-27(40)38-28(18-20-9-5-4-6-10-20,21-11-7-13-23(16-21)42-29(31,32)33)22-12-8-14-24(17-22)43-30(34,35)36/h4-14,16-17,19,25H,15,18H2,1-3H3,(H2,37,38,40)/t25-/m0/s1. The van der Waals surface area contributed by atoms with Crippen LogP contribution in [0.25, 0.3) is 0 Å². The summed E-state index contributed by atoms with van der Waals surface area (Å²) < 4.78 is 91.9. The third kappa shape index (κ3) is 9.83. The van der Waals surface area contributed by atoms with Crippen molar-refractivity contribution in [3.05, 3.63) is 95.6 Å². The third-order valence-corrected chi connectivity index (χ3v) is 6.26. The number of nitrogens with one attached hydrogen (secondary N) is 2. The highest BCUT2D eigenvalue weighted by Gasteiger charge is 2.40. The zero-order valence-corrected chi connectivity index (χ0v) is 23.4. The van der Waals surface area contributed by atoms with E-state index in [1.807, 2.05) is 13.8 Å². The maximum atomic E-state index is 13.6. The second-order valence-corrected chi connectivity index (χ2v) is 10.0. The Labute approximate surface area is 244 Å². The molecule has 2 amide bonds. The van der Waals surface area contributed by atoms with E-state index in [1.165, 1.54) is 24.3 Å². The van der Waals surface area contributed by atoms with E-state index in [-0.39, 0.29) is 29.9 Å². The van der Waals surface area contributed by atoms with Crippen LogP contribution in [0.15, 0.2) is 78.9 Å². The summed E-state index contributed by atoms with van der Waals surface area (Å²) in [4.78, 5) is 26.0. The molecule has 0 radical (unpaired) electrons. The van der Waals surface area contributed by atoms with Crippen LogP contribution in [-0.2, 0) is 21.5 Å². The minimum Gasteiger partial charge on any atom is -0.467 e. The molecule has 13 heteroatoms. The second-order valence-electron chi connectivity index (χ2n) is 10.0. The highest BCUT2D eigenvalue weighted by atomic mass is 19.4. The number of methoxy groups -OCH3 is 1. The van der Waals surface area contributed by atoms with Crippen LogP contribution in [0.3, 0.4) is 0 Å². The lowest BCUT2D eigenvalue weighted by Crippen LogP contribution is -2.55. The zero-order valence-electron chi connectivity index (χ0n) is 23.4. The molecule has 3 aromatic carbocycles. The number of ether oxygens (including phenoxy) is 3. The highest BCUT2D eigenvalue weighted by molar-refractivity contribution is 5.84. The Morgan fingerprint density at radius 3 is 1.72 bits per heavy atom. The molecule has 0 fully saturated rings. The van der Waals surface area contributed by atoms with Gasteiger partial charge in [0.25, 0.3) is 0 Å². The number of urea groups is 1. The van der Waals surface area contributed by atoms with Crippen molar-refractivity contribution in [1.29, 1.82) is 0 Å². The van der Waals surface area contributed by atoms with Crippen LogP contribution in [0.2, 0.25) is 0 Å². The fraction of sp³-hybridized carbons (Fsp3) is 0.333. The highest BCUT2D eigenvalue weighted by Crippen LogP contribution is 2.38. The average Bonchev–Trinajstić information content (AvgIpc) is 2.90. The molecule has 0 aliphatic rings. The van der Waals surface area contributed by atoms with Gasteiger partial charge >= 0.3 is 24.7 Å². The molecule has 3 rings (SSSR count). The van der Waals surface area contributed by atoms with Crippen molar-refractivity contribution in [2.75, 3.05) is 7.11 Å². The normalized spacial score (nSPS) is 12.8. The van der Waals surface area contributed by atoms with Crippen LogP contribution in [0.5, 0.6) is 11.5 Å². The maximum absolute atomic E-state index is 13.6. The first-order valence-corrected chi connectivity index (χ1v) is 13.0. The van der Waals surface area contributed by atoms with Gasteiger partial charge in [-0.15, -0.1) is 26.3 Å². The topological polar surface area (TPSA) is 85.9 Å². The van der Waals surface area contributed by atoms with E-state index >= 15 is 0 Å². The number of carbonyl (C=O) groups excluding carboxylic acids is 2. The molecule has 0 aliphatic heterocycles. The molecule has 43 heavy (non-hydrogen) atoms. The predicted molar refractivity (Wildman–Crippen MR) is 144 cm³/mol. The Balaban J connectivity index is 2.23. The number of rotatable bonds is 11. The van der Waals surface area contributed by atoms with Crippen LogP contribution in [0, 0.1) is 5.92 Å². The van der Waals surface area contributed by atoms with Crippen molar-refractivity contribution in [3.8, 4) is 11.5 Å². The summed E-state index contributed by atoms with van der Waals surface area (Å²) in [6.45, 7) is 3.63. The van der Waals surface area contributed by atoms with Gasteiger partial charge in [-0.3, -0.25) is 0 Å². The van der Waals surface area contributed by atoms with E-state index in [9.17, 15) is 35.9 Å². The predicted octanol–water partition coefficient (Wildman–Crippen LogP) is 6.86. The molecular weight excluding hydrogens is 582 g/mol. The number of hydrogen-bond acceptors (Lipinski definition) is 5. The van der Waals surface area contributed by atoms with Gasteiger partial charge in [0.1, 0.15) is 17.5 Å². The number of esters is 1. The number of alkyl halides is 6. The van der Waals surface area contributed by atoms with Crippen molar-refractivity contribution >= 4 is 12.0 Å².